The van der Waals surface area contributed by atoms with Gasteiger partial charge in [0.15, 0.2) is 0 Å². The fourth-order valence-electron chi connectivity index (χ4n) is 1.81. The number of nitrogens with zero attached hydrogens (tertiary/aromatic N) is 1. The highest BCUT2D eigenvalue weighted by Crippen LogP contribution is 2.14. The first-order chi connectivity index (χ1) is 11.6. The molecule has 7 nitrogen and oxygen atoms in total. The van der Waals surface area contributed by atoms with Gasteiger partial charge in [0.05, 0.1) is 25.8 Å². The third-order valence-corrected chi connectivity index (χ3v) is 3.09. The van der Waals surface area contributed by atoms with Crippen LogP contribution in [0.3, 0.4) is 0 Å². The molecule has 0 aliphatic heterocycles. The van der Waals surface area contributed by atoms with Crippen LogP contribution < -0.4 is 20.6 Å². The highest BCUT2D eigenvalue weighted by molar-refractivity contribution is 5.88. The molecule has 124 valence electrons. The number of hydrogen-bond acceptors (Lipinski definition) is 6. The molecule has 0 saturated carbocycles. The van der Waals surface area contributed by atoms with E-state index in [2.05, 4.69) is 15.8 Å². The number of benzene rings is 2. The highest BCUT2D eigenvalue weighted by atomic mass is 16.5. The molecule has 0 bridgehead atoms. The molecule has 0 heterocycles. The first-order valence-electron chi connectivity index (χ1n) is 7.10. The summed E-state index contributed by atoms with van der Waals surface area (Å²) in [5, 5.41) is 17.4. The predicted molar refractivity (Wildman–Crippen MR) is 88.0 cm³/mol. The van der Waals surface area contributed by atoms with Crippen LogP contribution in [0.4, 0.5) is 5.69 Å². The smallest absolute Gasteiger partial charge is 0.259 e. The number of carbonyl (C=O) groups is 2. The van der Waals surface area contributed by atoms with Gasteiger partial charge in [-0.1, -0.05) is 24.3 Å². The zero-order chi connectivity index (χ0) is 17.4. The van der Waals surface area contributed by atoms with E-state index in [0.29, 0.717) is 5.56 Å². The van der Waals surface area contributed by atoms with E-state index in [1.54, 1.807) is 43.5 Å². The molecule has 2 aromatic carbocycles. The lowest BCUT2D eigenvalue weighted by Gasteiger charge is -2.06. The van der Waals surface area contributed by atoms with Crippen molar-refractivity contribution >= 4 is 23.8 Å². The molecule has 1 amide bonds. The number of carboxylic acids is 1. The van der Waals surface area contributed by atoms with Gasteiger partial charge in [0.25, 0.3) is 5.91 Å². The molecule has 0 spiro atoms. The monoisotopic (exact) mass is 326 g/mol. The van der Waals surface area contributed by atoms with Crippen LogP contribution >= 0.6 is 0 Å². The summed E-state index contributed by atoms with van der Waals surface area (Å²) in [5.74, 6) is -0.816. The zero-order valence-electron chi connectivity index (χ0n) is 13.0. The Labute approximate surface area is 139 Å². The molecule has 0 aliphatic carbocycles. The van der Waals surface area contributed by atoms with Gasteiger partial charge in [-0.25, -0.2) is 5.43 Å². The van der Waals surface area contributed by atoms with E-state index < -0.39 is 5.97 Å². The fraction of sp³-hybridized carbons (Fsp3) is 0.118. The maximum atomic E-state index is 11.7. The van der Waals surface area contributed by atoms with E-state index >= 15 is 0 Å². The Morgan fingerprint density at radius 1 is 1.12 bits per heavy atom. The van der Waals surface area contributed by atoms with Gasteiger partial charge in [-0.05, 0) is 35.4 Å². The van der Waals surface area contributed by atoms with Gasteiger partial charge >= 0.3 is 0 Å². The zero-order valence-corrected chi connectivity index (χ0v) is 13.0. The lowest BCUT2D eigenvalue weighted by molar-refractivity contribution is -0.255. The van der Waals surface area contributed by atoms with Crippen molar-refractivity contribution in [2.24, 2.45) is 5.10 Å². The van der Waals surface area contributed by atoms with Crippen LogP contribution in [0.1, 0.15) is 15.9 Å². The van der Waals surface area contributed by atoms with Gasteiger partial charge in [-0.3, -0.25) is 4.79 Å². The Bertz CT molecular complexity index is 725. The highest BCUT2D eigenvalue weighted by Gasteiger charge is 2.00. The number of nitrogens with one attached hydrogen (secondary N) is 2. The van der Waals surface area contributed by atoms with Gasteiger partial charge < -0.3 is 20.0 Å². The number of hydrogen-bond donors (Lipinski definition) is 2. The lowest BCUT2D eigenvalue weighted by atomic mass is 10.1. The topological polar surface area (TPSA) is 103 Å². The second-order valence-electron chi connectivity index (χ2n) is 4.78. The number of hydrazone groups is 1. The molecule has 24 heavy (non-hydrogen) atoms. The third-order valence-electron chi connectivity index (χ3n) is 3.09. The molecule has 0 aliphatic rings. The number of anilines is 1. The van der Waals surface area contributed by atoms with E-state index in [0.717, 1.165) is 11.4 Å². The Morgan fingerprint density at radius 2 is 1.79 bits per heavy atom. The number of ether oxygens (including phenoxy) is 1. The summed E-state index contributed by atoms with van der Waals surface area (Å²) in [4.78, 5) is 22.3. The number of carboxylic acid groups (broad SMARTS) is 1. The van der Waals surface area contributed by atoms with E-state index in [9.17, 15) is 14.7 Å². The van der Waals surface area contributed by atoms with Gasteiger partial charge in [-0.15, -0.1) is 0 Å². The standard InChI is InChI=1S/C17H17N3O4/c1-24-15-8-6-14(7-9-15)18-11-16(21)20-19-10-12-2-4-13(5-3-12)17(22)23/h2-10,18H,11H2,1H3,(H,20,21)(H,22,23)/p-1/b19-10-. The first-order valence-corrected chi connectivity index (χ1v) is 7.10. The number of amides is 1. The summed E-state index contributed by atoms with van der Waals surface area (Å²) in [7, 11) is 1.58. The van der Waals surface area contributed by atoms with Crippen LogP contribution in [0.5, 0.6) is 5.75 Å². The number of methoxy groups -OCH3 is 1. The van der Waals surface area contributed by atoms with E-state index in [1.165, 1.54) is 18.3 Å². The molecular weight excluding hydrogens is 310 g/mol. The van der Waals surface area contributed by atoms with Crippen LogP contribution in [0.15, 0.2) is 53.6 Å². The maximum absolute atomic E-state index is 11.7. The molecule has 0 saturated heterocycles. The number of rotatable bonds is 7. The van der Waals surface area contributed by atoms with Crippen LogP contribution in [-0.2, 0) is 4.79 Å². The quantitative estimate of drug-likeness (QED) is 0.573. The normalized spacial score (nSPS) is 10.4. The van der Waals surface area contributed by atoms with Crippen molar-refractivity contribution in [2.45, 2.75) is 0 Å². The Morgan fingerprint density at radius 3 is 2.38 bits per heavy atom. The summed E-state index contributed by atoms with van der Waals surface area (Å²) in [6.07, 6.45) is 1.42. The van der Waals surface area contributed by atoms with Gasteiger partial charge in [0.2, 0.25) is 0 Å². The van der Waals surface area contributed by atoms with E-state index in [1.807, 2.05) is 0 Å². The average Bonchev–Trinajstić information content (AvgIpc) is 2.61. The molecule has 0 atom stereocenters. The number of carbonyl (C=O) groups excluding carboxylic acids is 2. The second-order valence-corrected chi connectivity index (χ2v) is 4.78. The minimum Gasteiger partial charge on any atom is -0.545 e. The molecule has 0 aromatic heterocycles. The minimum absolute atomic E-state index is 0.0628. The maximum Gasteiger partial charge on any atom is 0.259 e. The van der Waals surface area contributed by atoms with Gasteiger partial charge in [-0.2, -0.15) is 5.10 Å². The van der Waals surface area contributed by atoms with Crippen molar-refractivity contribution in [2.75, 3.05) is 19.0 Å². The second kappa shape index (κ2) is 8.33. The molecule has 0 fully saturated rings. The lowest BCUT2D eigenvalue weighted by Crippen LogP contribution is -2.25. The predicted octanol–water partition coefficient (Wildman–Crippen LogP) is 0.621. The van der Waals surface area contributed by atoms with Crippen molar-refractivity contribution in [3.63, 3.8) is 0 Å². The van der Waals surface area contributed by atoms with Gasteiger partial charge in [0, 0.05) is 5.69 Å². The summed E-state index contributed by atoms with van der Waals surface area (Å²) < 4.78 is 5.05. The fourth-order valence-corrected chi connectivity index (χ4v) is 1.81. The Balaban J connectivity index is 1.78. The Hall–Kier alpha value is -3.35. The first kappa shape index (κ1) is 17.0. The molecule has 0 unspecified atom stereocenters. The van der Waals surface area contributed by atoms with Gasteiger partial charge in [0.1, 0.15) is 5.75 Å². The van der Waals surface area contributed by atoms with E-state index in [4.69, 9.17) is 4.74 Å². The number of aromatic carboxylic acids is 1. The van der Waals surface area contributed by atoms with Crippen molar-refractivity contribution in [3.05, 3.63) is 59.7 Å². The third kappa shape index (κ3) is 5.13. The molecule has 7 heteroatoms. The summed E-state index contributed by atoms with van der Waals surface area (Å²) in [6, 6.07) is 13.1. The average molecular weight is 326 g/mol. The summed E-state index contributed by atoms with van der Waals surface area (Å²) in [6.45, 7) is 0.0628. The molecule has 2 aromatic rings. The van der Waals surface area contributed by atoms with Crippen molar-refractivity contribution < 1.29 is 19.4 Å². The van der Waals surface area contributed by atoms with E-state index in [-0.39, 0.29) is 18.0 Å². The summed E-state index contributed by atoms with van der Waals surface area (Å²) >= 11 is 0. The Kier molecular flexibility index (Phi) is 5.90. The molecule has 2 rings (SSSR count). The van der Waals surface area contributed by atoms with Crippen LogP contribution in [0, 0.1) is 0 Å². The van der Waals surface area contributed by atoms with Crippen molar-refractivity contribution in [1.29, 1.82) is 0 Å². The van der Waals surface area contributed by atoms with Crippen LogP contribution in [0.2, 0.25) is 0 Å². The molecule has 0 radical (unpaired) electrons. The largest absolute Gasteiger partial charge is 0.545 e. The minimum atomic E-state index is -1.24. The molecule has 2 N–H and O–H groups in total. The summed E-state index contributed by atoms with van der Waals surface area (Å²) in [5.41, 5.74) is 3.90. The SMILES string of the molecule is COc1ccc(NCC(=O)N/N=C\c2ccc(C(=O)[O-])cc2)cc1. The van der Waals surface area contributed by atoms with Crippen molar-refractivity contribution in [3.8, 4) is 5.75 Å². The van der Waals surface area contributed by atoms with Crippen LogP contribution in [-0.4, -0.2) is 31.7 Å². The van der Waals surface area contributed by atoms with Crippen LogP contribution in [0.25, 0.3) is 0 Å². The van der Waals surface area contributed by atoms with Crippen molar-refractivity contribution in [1.82, 2.24) is 5.43 Å². The molecular formula is C17H16N3O4-.